The number of rotatable bonds is 6. The average Bonchev–Trinajstić information content (AvgIpc) is 2.92. The number of halogens is 1. The molecule has 0 saturated carbocycles. The lowest BCUT2D eigenvalue weighted by atomic mass is 10.1. The molecule has 2 aromatic rings. The van der Waals surface area contributed by atoms with Crippen LogP contribution in [-0.2, 0) is 26.2 Å². The van der Waals surface area contributed by atoms with Crippen molar-refractivity contribution in [3.05, 3.63) is 64.7 Å². The number of amides is 3. The van der Waals surface area contributed by atoms with Crippen LogP contribution in [0.5, 0.6) is 0 Å². The molecule has 2 aromatic carbocycles. The quantitative estimate of drug-likeness (QED) is 0.722. The van der Waals surface area contributed by atoms with Crippen LogP contribution in [0.25, 0.3) is 0 Å². The molecule has 3 amide bonds. The number of sulfonamides is 1. The first-order chi connectivity index (χ1) is 14.2. The van der Waals surface area contributed by atoms with Gasteiger partial charge in [0.15, 0.2) is 0 Å². The lowest BCUT2D eigenvalue weighted by molar-refractivity contribution is -0.140. The Bertz CT molecular complexity index is 1120. The Kier molecular flexibility index (Phi) is 6.14. The van der Waals surface area contributed by atoms with Gasteiger partial charge in [-0.05, 0) is 36.8 Å². The number of benzene rings is 2. The third-order valence-electron chi connectivity index (χ3n) is 4.85. The van der Waals surface area contributed by atoms with Crippen LogP contribution in [0.2, 0.25) is 5.02 Å². The molecule has 30 heavy (non-hydrogen) atoms. The van der Waals surface area contributed by atoms with E-state index in [2.05, 4.69) is 5.32 Å². The zero-order chi connectivity index (χ0) is 22.1. The molecule has 1 heterocycles. The minimum atomic E-state index is -4.14. The third kappa shape index (κ3) is 4.03. The van der Waals surface area contributed by atoms with E-state index in [0.717, 1.165) is 0 Å². The van der Waals surface area contributed by atoms with E-state index in [1.165, 1.54) is 37.1 Å². The first-order valence-corrected chi connectivity index (χ1v) is 10.9. The number of hydrogen-bond acceptors (Lipinski definition) is 5. The Hall–Kier alpha value is -2.91. The van der Waals surface area contributed by atoms with E-state index in [0.29, 0.717) is 14.9 Å². The zero-order valence-corrected chi connectivity index (χ0v) is 17.9. The van der Waals surface area contributed by atoms with E-state index >= 15 is 0 Å². The smallest absolute Gasteiger partial charge is 0.269 e. The fourth-order valence-corrected chi connectivity index (χ4v) is 4.96. The van der Waals surface area contributed by atoms with Crippen molar-refractivity contribution in [1.82, 2.24) is 14.5 Å². The van der Waals surface area contributed by atoms with Gasteiger partial charge < -0.3 is 10.2 Å². The molecule has 0 fully saturated rings. The minimum Gasteiger partial charge on any atom is -0.357 e. The highest BCUT2D eigenvalue weighted by atomic mass is 35.5. The summed E-state index contributed by atoms with van der Waals surface area (Å²) in [5, 5.41) is 2.93. The Morgan fingerprint density at radius 3 is 2.50 bits per heavy atom. The summed E-state index contributed by atoms with van der Waals surface area (Å²) < 4.78 is 26.0. The van der Waals surface area contributed by atoms with Crippen molar-refractivity contribution in [3.63, 3.8) is 0 Å². The van der Waals surface area contributed by atoms with Crippen molar-refractivity contribution in [3.8, 4) is 0 Å². The van der Waals surface area contributed by atoms with Crippen LogP contribution in [0.15, 0.2) is 53.4 Å². The molecular formula is C20H20ClN3O5S. The lowest BCUT2D eigenvalue weighted by Crippen LogP contribution is -2.50. The summed E-state index contributed by atoms with van der Waals surface area (Å²) in [6, 6.07) is 11.6. The van der Waals surface area contributed by atoms with E-state index in [9.17, 15) is 22.8 Å². The maximum absolute atomic E-state index is 13.1. The molecule has 8 nitrogen and oxygen atoms in total. The highest BCUT2D eigenvalue weighted by molar-refractivity contribution is 7.90. The SMILES string of the molecule is CNC(=O)[C@H](C)N(Cc1cccc(Cl)c1)C(=O)CN1C(=O)c2ccccc2S1(=O)=O. The van der Waals surface area contributed by atoms with Crippen LogP contribution in [-0.4, -0.2) is 55.0 Å². The second-order valence-electron chi connectivity index (χ2n) is 6.75. The zero-order valence-electron chi connectivity index (χ0n) is 16.3. The number of likely N-dealkylation sites (N-methyl/N-ethyl adjacent to an activating group) is 1. The van der Waals surface area contributed by atoms with Gasteiger partial charge in [0.25, 0.3) is 15.9 Å². The number of nitrogens with zero attached hydrogens (tertiary/aromatic N) is 2. The topological polar surface area (TPSA) is 104 Å². The van der Waals surface area contributed by atoms with E-state index in [1.807, 2.05) is 0 Å². The van der Waals surface area contributed by atoms with Gasteiger partial charge in [-0.3, -0.25) is 14.4 Å². The molecule has 0 unspecified atom stereocenters. The molecule has 158 valence electrons. The number of fused-ring (bicyclic) bond motifs is 1. The third-order valence-corrected chi connectivity index (χ3v) is 6.87. The molecule has 10 heteroatoms. The Morgan fingerprint density at radius 2 is 1.87 bits per heavy atom. The monoisotopic (exact) mass is 449 g/mol. The highest BCUT2D eigenvalue weighted by Gasteiger charge is 2.43. The van der Waals surface area contributed by atoms with Crippen molar-refractivity contribution >= 4 is 39.3 Å². The predicted octanol–water partition coefficient (Wildman–Crippen LogP) is 1.65. The average molecular weight is 450 g/mol. The Labute approximate surface area is 179 Å². The maximum Gasteiger partial charge on any atom is 0.269 e. The Balaban J connectivity index is 1.90. The second kappa shape index (κ2) is 8.45. The summed E-state index contributed by atoms with van der Waals surface area (Å²) in [4.78, 5) is 39.0. The molecule has 0 saturated heterocycles. The lowest BCUT2D eigenvalue weighted by Gasteiger charge is -2.29. The van der Waals surface area contributed by atoms with Gasteiger partial charge in [0.1, 0.15) is 17.5 Å². The second-order valence-corrected chi connectivity index (χ2v) is 9.02. The fourth-order valence-electron chi connectivity index (χ4n) is 3.22. The van der Waals surface area contributed by atoms with Gasteiger partial charge in [-0.1, -0.05) is 35.9 Å². The van der Waals surface area contributed by atoms with Crippen LogP contribution in [0.1, 0.15) is 22.8 Å². The molecule has 0 spiro atoms. The minimum absolute atomic E-state index is 0.0169. The summed E-state index contributed by atoms with van der Waals surface area (Å²) in [5.41, 5.74) is 0.677. The molecule has 0 bridgehead atoms. The van der Waals surface area contributed by atoms with Crippen molar-refractivity contribution in [1.29, 1.82) is 0 Å². The predicted molar refractivity (Wildman–Crippen MR) is 110 cm³/mol. The van der Waals surface area contributed by atoms with Crippen LogP contribution in [0.4, 0.5) is 0 Å². The number of nitrogens with one attached hydrogen (secondary N) is 1. The first-order valence-electron chi connectivity index (χ1n) is 9.08. The molecule has 1 aliphatic rings. The molecule has 1 aliphatic heterocycles. The molecular weight excluding hydrogens is 430 g/mol. The van der Waals surface area contributed by atoms with Crippen molar-refractivity contribution < 1.29 is 22.8 Å². The van der Waals surface area contributed by atoms with E-state index in [4.69, 9.17) is 11.6 Å². The summed E-state index contributed by atoms with van der Waals surface area (Å²) in [5.74, 6) is -1.88. The molecule has 3 rings (SSSR count). The molecule has 0 aliphatic carbocycles. The van der Waals surface area contributed by atoms with Crippen molar-refractivity contribution in [2.75, 3.05) is 13.6 Å². The van der Waals surface area contributed by atoms with Gasteiger partial charge in [-0.15, -0.1) is 0 Å². The molecule has 0 aromatic heterocycles. The van der Waals surface area contributed by atoms with E-state index in [-0.39, 0.29) is 17.0 Å². The van der Waals surface area contributed by atoms with Gasteiger partial charge in [0, 0.05) is 18.6 Å². The van der Waals surface area contributed by atoms with Crippen LogP contribution >= 0.6 is 11.6 Å². The van der Waals surface area contributed by atoms with Crippen LogP contribution in [0.3, 0.4) is 0 Å². The van der Waals surface area contributed by atoms with Gasteiger partial charge >= 0.3 is 0 Å². The maximum atomic E-state index is 13.1. The fraction of sp³-hybridized carbons (Fsp3) is 0.250. The summed E-state index contributed by atoms with van der Waals surface area (Å²) in [6.45, 7) is 0.830. The van der Waals surface area contributed by atoms with Gasteiger partial charge in [-0.2, -0.15) is 0 Å². The van der Waals surface area contributed by atoms with Crippen molar-refractivity contribution in [2.24, 2.45) is 0 Å². The number of carbonyl (C=O) groups excluding carboxylic acids is 3. The Morgan fingerprint density at radius 1 is 1.17 bits per heavy atom. The molecule has 1 atom stereocenters. The van der Waals surface area contributed by atoms with Crippen molar-refractivity contribution in [2.45, 2.75) is 24.4 Å². The summed E-state index contributed by atoms with van der Waals surface area (Å²) in [6.07, 6.45) is 0. The van der Waals surface area contributed by atoms with Gasteiger partial charge in [0.05, 0.1) is 5.56 Å². The van der Waals surface area contributed by atoms with Crippen LogP contribution < -0.4 is 5.32 Å². The van der Waals surface area contributed by atoms with Crippen LogP contribution in [0, 0.1) is 0 Å². The normalized spacial score (nSPS) is 15.4. The highest BCUT2D eigenvalue weighted by Crippen LogP contribution is 2.30. The number of hydrogen-bond donors (Lipinski definition) is 1. The van der Waals surface area contributed by atoms with E-state index < -0.39 is 40.3 Å². The molecule has 0 radical (unpaired) electrons. The summed E-state index contributed by atoms with van der Waals surface area (Å²) in [7, 11) is -2.70. The van der Waals surface area contributed by atoms with E-state index in [1.54, 1.807) is 30.3 Å². The summed E-state index contributed by atoms with van der Waals surface area (Å²) >= 11 is 6.01. The van der Waals surface area contributed by atoms with Gasteiger partial charge in [0.2, 0.25) is 11.8 Å². The standard InChI is InChI=1S/C20H20ClN3O5S/c1-13(19(26)22-2)23(11-14-6-5-7-15(21)10-14)18(25)12-24-20(27)16-8-3-4-9-17(16)30(24,28)29/h3-10,13H,11-12H2,1-2H3,(H,22,26)/t13-/m0/s1. The van der Waals surface area contributed by atoms with Gasteiger partial charge in [-0.25, -0.2) is 12.7 Å². The number of carbonyl (C=O) groups is 3. The molecule has 1 N–H and O–H groups in total. The first kappa shape index (κ1) is 21.8. The largest absolute Gasteiger partial charge is 0.357 e.